The largest absolute Gasteiger partial charge is 0.497 e. The van der Waals surface area contributed by atoms with Gasteiger partial charge in [0.2, 0.25) is 10.0 Å². The summed E-state index contributed by atoms with van der Waals surface area (Å²) >= 11 is 0. The van der Waals surface area contributed by atoms with Crippen molar-refractivity contribution in [2.75, 3.05) is 7.11 Å². The molecular weight excluding hydrogens is 290 g/mol. The Kier molecular flexibility index (Phi) is 3.73. The molecule has 0 bridgehead atoms. The number of furan rings is 1. The van der Waals surface area contributed by atoms with E-state index in [2.05, 4.69) is 4.72 Å². The van der Waals surface area contributed by atoms with Crippen LogP contribution in [0.1, 0.15) is 30.2 Å². The van der Waals surface area contributed by atoms with E-state index in [0.29, 0.717) is 5.75 Å². The highest BCUT2D eigenvalue weighted by Gasteiger charge is 2.27. The standard InChI is InChI=1S/C15H17NO4S/c1-19-11-5-7-12(8-6-11)21(17,18)16-14-3-2-4-15-13(14)9-10-20-15/h5-10,14,16H,2-4H2,1H3/t14-/m0/s1. The zero-order valence-electron chi connectivity index (χ0n) is 11.7. The van der Waals surface area contributed by atoms with Gasteiger partial charge in [-0.2, -0.15) is 0 Å². The summed E-state index contributed by atoms with van der Waals surface area (Å²) in [6, 6.07) is 7.98. The molecule has 3 rings (SSSR count). The molecule has 1 N–H and O–H groups in total. The van der Waals surface area contributed by atoms with E-state index in [1.165, 1.54) is 0 Å². The molecule has 0 saturated carbocycles. The third-order valence-corrected chi connectivity index (χ3v) is 5.21. The van der Waals surface area contributed by atoms with Crippen LogP contribution in [0.3, 0.4) is 0 Å². The molecule has 1 aliphatic rings. The molecule has 0 radical (unpaired) electrons. The van der Waals surface area contributed by atoms with Crippen LogP contribution >= 0.6 is 0 Å². The van der Waals surface area contributed by atoms with Crippen LogP contribution < -0.4 is 9.46 Å². The highest BCUT2D eigenvalue weighted by atomic mass is 32.2. The normalized spacial score (nSPS) is 18.2. The Morgan fingerprint density at radius 1 is 1.24 bits per heavy atom. The van der Waals surface area contributed by atoms with Crippen LogP contribution in [-0.4, -0.2) is 15.5 Å². The first-order valence-corrected chi connectivity index (χ1v) is 8.31. The fraction of sp³-hybridized carbons (Fsp3) is 0.333. The number of ether oxygens (including phenoxy) is 1. The van der Waals surface area contributed by atoms with Crippen molar-refractivity contribution in [2.24, 2.45) is 0 Å². The maximum Gasteiger partial charge on any atom is 0.241 e. The summed E-state index contributed by atoms with van der Waals surface area (Å²) in [5.74, 6) is 1.51. The van der Waals surface area contributed by atoms with Crippen LogP contribution in [-0.2, 0) is 16.4 Å². The summed E-state index contributed by atoms with van der Waals surface area (Å²) < 4.78 is 38.1. The third kappa shape index (κ3) is 2.82. The Bertz CT molecular complexity index is 718. The molecule has 112 valence electrons. The Labute approximate surface area is 124 Å². The van der Waals surface area contributed by atoms with Crippen molar-refractivity contribution in [2.45, 2.75) is 30.2 Å². The van der Waals surface area contributed by atoms with Gasteiger partial charge in [-0.15, -0.1) is 0 Å². The second kappa shape index (κ2) is 5.54. The molecule has 0 saturated heterocycles. The monoisotopic (exact) mass is 307 g/mol. The lowest BCUT2D eigenvalue weighted by atomic mass is 9.94. The summed E-state index contributed by atoms with van der Waals surface area (Å²) in [6.45, 7) is 0. The highest BCUT2D eigenvalue weighted by molar-refractivity contribution is 7.89. The van der Waals surface area contributed by atoms with E-state index in [1.807, 2.05) is 6.07 Å². The number of fused-ring (bicyclic) bond motifs is 1. The number of rotatable bonds is 4. The van der Waals surface area contributed by atoms with Gasteiger partial charge in [-0.1, -0.05) is 0 Å². The Balaban J connectivity index is 1.84. The molecule has 1 aromatic carbocycles. The van der Waals surface area contributed by atoms with E-state index in [0.717, 1.165) is 30.6 Å². The molecule has 0 fully saturated rings. The van der Waals surface area contributed by atoms with Gasteiger partial charge in [-0.05, 0) is 43.2 Å². The van der Waals surface area contributed by atoms with E-state index in [1.54, 1.807) is 37.6 Å². The SMILES string of the molecule is COc1ccc(S(=O)(=O)N[C@H]2CCCc3occc32)cc1. The quantitative estimate of drug-likeness (QED) is 0.943. The molecule has 1 aromatic heterocycles. The lowest BCUT2D eigenvalue weighted by Gasteiger charge is -2.22. The van der Waals surface area contributed by atoms with Crippen LogP contribution in [0.2, 0.25) is 0 Å². The molecule has 0 unspecified atom stereocenters. The van der Waals surface area contributed by atoms with Crippen LogP contribution in [0, 0.1) is 0 Å². The zero-order valence-corrected chi connectivity index (χ0v) is 12.5. The van der Waals surface area contributed by atoms with E-state index < -0.39 is 10.0 Å². The van der Waals surface area contributed by atoms with Crippen LogP contribution in [0.4, 0.5) is 0 Å². The predicted octanol–water partition coefficient (Wildman–Crippen LogP) is 2.64. The molecule has 0 aliphatic heterocycles. The van der Waals surface area contributed by atoms with Gasteiger partial charge in [0.15, 0.2) is 0 Å². The molecule has 1 aliphatic carbocycles. The van der Waals surface area contributed by atoms with Gasteiger partial charge in [0.1, 0.15) is 11.5 Å². The Hall–Kier alpha value is -1.79. The van der Waals surface area contributed by atoms with Gasteiger partial charge >= 0.3 is 0 Å². The van der Waals surface area contributed by atoms with Crippen molar-refractivity contribution in [3.05, 3.63) is 47.9 Å². The molecular formula is C15H17NO4S. The number of sulfonamides is 1. The Morgan fingerprint density at radius 2 is 2.00 bits per heavy atom. The average Bonchev–Trinajstić information content (AvgIpc) is 2.97. The summed E-state index contributed by atoms with van der Waals surface area (Å²) in [5, 5.41) is 0. The van der Waals surface area contributed by atoms with Gasteiger partial charge < -0.3 is 9.15 Å². The van der Waals surface area contributed by atoms with Crippen molar-refractivity contribution < 1.29 is 17.6 Å². The van der Waals surface area contributed by atoms with Crippen molar-refractivity contribution in [1.29, 1.82) is 0 Å². The second-order valence-electron chi connectivity index (χ2n) is 5.04. The van der Waals surface area contributed by atoms with E-state index in [-0.39, 0.29) is 10.9 Å². The molecule has 21 heavy (non-hydrogen) atoms. The highest BCUT2D eigenvalue weighted by Crippen LogP contribution is 2.31. The fourth-order valence-electron chi connectivity index (χ4n) is 2.62. The minimum Gasteiger partial charge on any atom is -0.497 e. The van der Waals surface area contributed by atoms with Gasteiger partial charge in [0, 0.05) is 12.0 Å². The molecule has 1 atom stereocenters. The average molecular weight is 307 g/mol. The fourth-order valence-corrected chi connectivity index (χ4v) is 3.87. The number of methoxy groups -OCH3 is 1. The smallest absolute Gasteiger partial charge is 0.241 e. The van der Waals surface area contributed by atoms with E-state index in [9.17, 15) is 8.42 Å². The van der Waals surface area contributed by atoms with Crippen molar-refractivity contribution in [3.8, 4) is 5.75 Å². The summed E-state index contributed by atoms with van der Waals surface area (Å²) in [7, 11) is -2.01. The molecule has 6 heteroatoms. The van der Waals surface area contributed by atoms with Crippen molar-refractivity contribution >= 4 is 10.0 Å². The number of aryl methyl sites for hydroxylation is 1. The zero-order chi connectivity index (χ0) is 14.9. The lowest BCUT2D eigenvalue weighted by Crippen LogP contribution is -2.30. The van der Waals surface area contributed by atoms with E-state index in [4.69, 9.17) is 9.15 Å². The maximum absolute atomic E-state index is 12.4. The summed E-state index contributed by atoms with van der Waals surface area (Å²) in [6.07, 6.45) is 4.17. The van der Waals surface area contributed by atoms with E-state index >= 15 is 0 Å². The van der Waals surface area contributed by atoms with Crippen molar-refractivity contribution in [1.82, 2.24) is 4.72 Å². The number of hydrogen-bond acceptors (Lipinski definition) is 4. The first-order valence-electron chi connectivity index (χ1n) is 6.83. The predicted molar refractivity (Wildman–Crippen MR) is 77.7 cm³/mol. The molecule has 5 nitrogen and oxygen atoms in total. The molecule has 1 heterocycles. The summed E-state index contributed by atoms with van der Waals surface area (Å²) in [5.41, 5.74) is 0.943. The van der Waals surface area contributed by atoms with Crippen molar-refractivity contribution in [3.63, 3.8) is 0 Å². The maximum atomic E-state index is 12.4. The first kappa shape index (κ1) is 14.2. The first-order chi connectivity index (χ1) is 10.1. The van der Waals surface area contributed by atoms with Gasteiger partial charge in [0.05, 0.1) is 24.3 Å². The molecule has 0 spiro atoms. The Morgan fingerprint density at radius 3 is 2.71 bits per heavy atom. The minimum atomic E-state index is -3.55. The van der Waals surface area contributed by atoms with Crippen LogP contribution in [0.15, 0.2) is 45.9 Å². The second-order valence-corrected chi connectivity index (χ2v) is 6.75. The number of nitrogens with one attached hydrogen (secondary N) is 1. The van der Waals surface area contributed by atoms with Gasteiger partial charge in [-0.3, -0.25) is 0 Å². The number of hydrogen-bond donors (Lipinski definition) is 1. The lowest BCUT2D eigenvalue weighted by molar-refractivity contribution is 0.414. The van der Waals surface area contributed by atoms with Gasteiger partial charge in [0.25, 0.3) is 0 Å². The topological polar surface area (TPSA) is 68.5 Å². The summed E-state index contributed by atoms with van der Waals surface area (Å²) in [4.78, 5) is 0.235. The minimum absolute atomic E-state index is 0.223. The van der Waals surface area contributed by atoms with Gasteiger partial charge in [-0.25, -0.2) is 13.1 Å². The molecule has 2 aromatic rings. The third-order valence-electron chi connectivity index (χ3n) is 3.72. The van der Waals surface area contributed by atoms with Crippen LogP contribution in [0.5, 0.6) is 5.75 Å². The van der Waals surface area contributed by atoms with Crippen LogP contribution in [0.25, 0.3) is 0 Å². The molecule has 0 amide bonds. The number of benzene rings is 1.